The van der Waals surface area contributed by atoms with Crippen LogP contribution in [0.5, 0.6) is 5.75 Å². The molecule has 0 aliphatic heterocycles. The van der Waals surface area contributed by atoms with Gasteiger partial charge in [-0.05, 0) is 42.0 Å². The Labute approximate surface area is 173 Å². The number of alkyl halides is 2. The van der Waals surface area contributed by atoms with Crippen LogP contribution >= 0.6 is 0 Å². The Morgan fingerprint density at radius 3 is 2.70 bits per heavy atom. The fourth-order valence-electron chi connectivity index (χ4n) is 3.12. The molecule has 3 aromatic rings. The molecule has 1 aromatic heterocycles. The molecule has 1 heterocycles. The van der Waals surface area contributed by atoms with Crippen LogP contribution in [0.2, 0.25) is 0 Å². The van der Waals surface area contributed by atoms with E-state index in [0.29, 0.717) is 23.5 Å². The molecule has 0 saturated carbocycles. The third kappa shape index (κ3) is 5.07. The van der Waals surface area contributed by atoms with Crippen molar-refractivity contribution < 1.29 is 23.4 Å². The molecule has 0 unspecified atom stereocenters. The number of nitrogen functional groups attached to an aromatic ring is 1. The van der Waals surface area contributed by atoms with Crippen LogP contribution in [-0.2, 0) is 6.54 Å². The van der Waals surface area contributed by atoms with Crippen molar-refractivity contribution in [3.8, 4) is 5.75 Å². The molecule has 6 nitrogen and oxygen atoms in total. The van der Waals surface area contributed by atoms with Crippen LogP contribution in [0.4, 0.5) is 14.5 Å². The van der Waals surface area contributed by atoms with Gasteiger partial charge >= 0.3 is 6.61 Å². The average molecular weight is 417 g/mol. The van der Waals surface area contributed by atoms with Crippen molar-refractivity contribution in [1.82, 2.24) is 9.88 Å². The molecule has 1 amide bonds. The van der Waals surface area contributed by atoms with Crippen LogP contribution in [0.3, 0.4) is 0 Å². The van der Waals surface area contributed by atoms with Gasteiger partial charge in [0, 0.05) is 41.7 Å². The normalized spacial score (nSPS) is 11.8. The van der Waals surface area contributed by atoms with E-state index < -0.39 is 12.0 Å². The van der Waals surface area contributed by atoms with Gasteiger partial charge in [0.05, 0.1) is 0 Å². The largest absolute Gasteiger partial charge is 0.435 e. The topological polar surface area (TPSA) is 89.5 Å². The summed E-state index contributed by atoms with van der Waals surface area (Å²) < 4.78 is 31.4. The molecule has 0 atom stereocenters. The van der Waals surface area contributed by atoms with Gasteiger partial charge in [0.1, 0.15) is 11.4 Å². The maximum atomic E-state index is 12.9. The van der Waals surface area contributed by atoms with Crippen LogP contribution in [0, 0.1) is 5.41 Å². The molecule has 0 saturated heterocycles. The molecule has 0 bridgehead atoms. The fourth-order valence-corrected chi connectivity index (χ4v) is 3.12. The molecule has 8 heteroatoms. The molecule has 0 aliphatic carbocycles. The van der Waals surface area contributed by atoms with Crippen molar-refractivity contribution in [2.45, 2.75) is 27.0 Å². The van der Waals surface area contributed by atoms with Gasteiger partial charge < -0.3 is 25.5 Å². The maximum absolute atomic E-state index is 12.9. The monoisotopic (exact) mass is 417 g/mol. The number of nitrogens with two attached hydrogens (primary N) is 1. The highest BCUT2D eigenvalue weighted by molar-refractivity contribution is 5.99. The molecule has 160 valence electrons. The van der Waals surface area contributed by atoms with Crippen molar-refractivity contribution in [3.05, 3.63) is 59.8 Å². The molecule has 0 radical (unpaired) electrons. The number of aliphatic hydroxyl groups excluding tert-OH is 1. The molecule has 3 rings (SSSR count). The number of amides is 1. The summed E-state index contributed by atoms with van der Waals surface area (Å²) in [5.74, 6) is -0.245. The average Bonchev–Trinajstić information content (AvgIpc) is 3.03. The van der Waals surface area contributed by atoms with Crippen molar-refractivity contribution in [2.24, 2.45) is 5.41 Å². The number of carbonyl (C=O) groups is 1. The molecule has 4 N–H and O–H groups in total. The zero-order chi connectivity index (χ0) is 21.9. The summed E-state index contributed by atoms with van der Waals surface area (Å²) in [6, 6.07) is 13.5. The number of aromatic nitrogens is 1. The van der Waals surface area contributed by atoms with E-state index in [0.717, 1.165) is 10.9 Å². The molecule has 30 heavy (non-hydrogen) atoms. The highest BCUT2D eigenvalue weighted by Crippen LogP contribution is 2.25. The first-order valence-corrected chi connectivity index (χ1v) is 9.50. The van der Waals surface area contributed by atoms with Gasteiger partial charge in [0.2, 0.25) is 0 Å². The first-order valence-electron chi connectivity index (χ1n) is 9.50. The number of fused-ring (bicyclic) bond motifs is 1. The molecule has 0 spiro atoms. The summed E-state index contributed by atoms with van der Waals surface area (Å²) in [4.78, 5) is 12.9. The number of rotatable bonds is 8. The number of nitrogens with zero attached hydrogens (tertiary/aromatic N) is 1. The van der Waals surface area contributed by atoms with Crippen molar-refractivity contribution >= 4 is 22.5 Å². The quantitative estimate of drug-likeness (QED) is 0.489. The van der Waals surface area contributed by atoms with E-state index in [1.807, 2.05) is 19.9 Å². The minimum Gasteiger partial charge on any atom is -0.435 e. The maximum Gasteiger partial charge on any atom is 0.387 e. The van der Waals surface area contributed by atoms with Gasteiger partial charge in [-0.3, -0.25) is 4.79 Å². The Morgan fingerprint density at radius 2 is 2.00 bits per heavy atom. The highest BCUT2D eigenvalue weighted by Gasteiger charge is 2.21. The van der Waals surface area contributed by atoms with E-state index >= 15 is 0 Å². The van der Waals surface area contributed by atoms with Crippen molar-refractivity contribution in [3.63, 3.8) is 0 Å². The van der Waals surface area contributed by atoms with Crippen LogP contribution in [0.15, 0.2) is 48.5 Å². The predicted molar refractivity (Wildman–Crippen MR) is 112 cm³/mol. The van der Waals surface area contributed by atoms with Crippen molar-refractivity contribution in [2.75, 3.05) is 18.9 Å². The van der Waals surface area contributed by atoms with Gasteiger partial charge in [-0.1, -0.05) is 26.0 Å². The number of ether oxygens (including phenoxy) is 1. The number of nitrogens with one attached hydrogen (secondary N) is 1. The first kappa shape index (κ1) is 21.6. The van der Waals surface area contributed by atoms with E-state index in [2.05, 4.69) is 10.1 Å². The Kier molecular flexibility index (Phi) is 6.26. The van der Waals surface area contributed by atoms with E-state index in [1.165, 1.54) is 12.1 Å². The van der Waals surface area contributed by atoms with Crippen molar-refractivity contribution in [1.29, 1.82) is 0 Å². The van der Waals surface area contributed by atoms with E-state index in [-0.39, 0.29) is 24.8 Å². The zero-order valence-electron chi connectivity index (χ0n) is 16.9. The molecule has 0 fully saturated rings. The lowest BCUT2D eigenvalue weighted by molar-refractivity contribution is -0.0498. The third-order valence-electron chi connectivity index (χ3n) is 4.78. The Balaban J connectivity index is 1.96. The van der Waals surface area contributed by atoms with E-state index in [1.54, 1.807) is 34.9 Å². The number of anilines is 1. The van der Waals surface area contributed by atoms with Crippen LogP contribution < -0.4 is 15.8 Å². The Hall–Kier alpha value is -3.13. The lowest BCUT2D eigenvalue weighted by atomic mass is 9.95. The minimum absolute atomic E-state index is 0.0545. The van der Waals surface area contributed by atoms with Gasteiger partial charge in [-0.25, -0.2) is 0 Å². The highest BCUT2D eigenvalue weighted by atomic mass is 19.3. The summed E-state index contributed by atoms with van der Waals surface area (Å²) in [6.07, 6.45) is 0. The lowest BCUT2D eigenvalue weighted by Crippen LogP contribution is -2.36. The molecular formula is C22H25F2N3O3. The third-order valence-corrected chi connectivity index (χ3v) is 4.78. The summed E-state index contributed by atoms with van der Waals surface area (Å²) in [6.45, 7) is 1.29. The Morgan fingerprint density at radius 1 is 1.23 bits per heavy atom. The first-order chi connectivity index (χ1) is 14.2. The predicted octanol–water partition coefficient (Wildman–Crippen LogP) is 3.62. The lowest BCUT2D eigenvalue weighted by Gasteiger charge is -2.22. The molecular weight excluding hydrogens is 392 g/mol. The van der Waals surface area contributed by atoms with E-state index in [9.17, 15) is 18.7 Å². The fraction of sp³-hybridized carbons (Fsp3) is 0.318. The zero-order valence-corrected chi connectivity index (χ0v) is 16.9. The number of carbonyl (C=O) groups excluding carboxylic acids is 1. The summed E-state index contributed by atoms with van der Waals surface area (Å²) >= 11 is 0. The van der Waals surface area contributed by atoms with Crippen LogP contribution in [0.25, 0.3) is 10.9 Å². The molecule has 0 aliphatic rings. The molecule has 2 aromatic carbocycles. The van der Waals surface area contributed by atoms with Gasteiger partial charge in [0.15, 0.2) is 0 Å². The number of aliphatic hydroxyl groups is 1. The smallest absolute Gasteiger partial charge is 0.387 e. The second kappa shape index (κ2) is 8.71. The van der Waals surface area contributed by atoms with Gasteiger partial charge in [-0.2, -0.15) is 8.78 Å². The number of hydrogen-bond acceptors (Lipinski definition) is 4. The second-order valence-electron chi connectivity index (χ2n) is 7.96. The van der Waals surface area contributed by atoms with Crippen LogP contribution in [-0.4, -0.2) is 35.3 Å². The van der Waals surface area contributed by atoms with E-state index in [4.69, 9.17) is 5.73 Å². The summed E-state index contributed by atoms with van der Waals surface area (Å²) in [7, 11) is 0. The van der Waals surface area contributed by atoms with Gasteiger partial charge in [-0.15, -0.1) is 0 Å². The van der Waals surface area contributed by atoms with Crippen LogP contribution in [0.1, 0.15) is 29.9 Å². The number of hydrogen-bond donors (Lipinski definition) is 3. The summed E-state index contributed by atoms with van der Waals surface area (Å²) in [5, 5.41) is 13.1. The standard InChI is InChI=1S/C22H25F2N3O3/c1-22(2,13-28)12-26-20(29)19-10-15-9-16(25)6-7-18(15)27(19)11-14-4-3-5-17(8-14)30-21(23)24/h3-10,21,28H,11-13,25H2,1-2H3,(H,26,29). The second-order valence-corrected chi connectivity index (χ2v) is 7.96. The number of benzene rings is 2. The summed E-state index contributed by atoms with van der Waals surface area (Å²) in [5.41, 5.74) is 7.89. The Bertz CT molecular complexity index is 1050. The minimum atomic E-state index is -2.91. The van der Waals surface area contributed by atoms with Gasteiger partial charge in [0.25, 0.3) is 5.91 Å². The number of halogens is 2. The SMILES string of the molecule is CC(C)(CO)CNC(=O)c1cc2cc(N)ccc2n1Cc1cccc(OC(F)F)c1.